The second-order valence-corrected chi connectivity index (χ2v) is 4.60. The van der Waals surface area contributed by atoms with Crippen molar-refractivity contribution in [2.75, 3.05) is 13.6 Å². The molecule has 0 radical (unpaired) electrons. The van der Waals surface area contributed by atoms with E-state index in [0.717, 1.165) is 25.8 Å². The van der Waals surface area contributed by atoms with Gasteiger partial charge in [0.15, 0.2) is 0 Å². The summed E-state index contributed by atoms with van der Waals surface area (Å²) in [5.74, 6) is 0.245. The van der Waals surface area contributed by atoms with Crippen LogP contribution in [0.15, 0.2) is 0 Å². The van der Waals surface area contributed by atoms with Gasteiger partial charge in [-0.3, -0.25) is 4.79 Å². The lowest BCUT2D eigenvalue weighted by Crippen LogP contribution is -2.40. The van der Waals surface area contributed by atoms with Gasteiger partial charge in [-0.1, -0.05) is 40.0 Å². The second-order valence-electron chi connectivity index (χ2n) is 4.60. The topological polar surface area (TPSA) is 41.1 Å². The molecule has 3 nitrogen and oxygen atoms in total. The number of amides is 1. The van der Waals surface area contributed by atoms with Gasteiger partial charge in [-0.05, 0) is 19.9 Å². The third-order valence-electron chi connectivity index (χ3n) is 2.85. The molecule has 0 fully saturated rings. The quantitative estimate of drug-likeness (QED) is 0.636. The molecule has 0 aromatic carbocycles. The summed E-state index contributed by atoms with van der Waals surface area (Å²) in [4.78, 5) is 11.8. The number of unbranched alkanes of at least 4 members (excludes halogenated alkanes) is 1. The fraction of sp³-hybridized carbons (Fsp3) is 0.923. The molecular formula is C13H28N2O. The maximum Gasteiger partial charge on any atom is 0.224 e. The molecule has 0 aromatic rings. The molecular weight excluding hydrogens is 200 g/mol. The van der Waals surface area contributed by atoms with Gasteiger partial charge in [0.05, 0.1) is 0 Å². The van der Waals surface area contributed by atoms with Crippen molar-refractivity contribution >= 4 is 5.91 Å². The van der Waals surface area contributed by atoms with E-state index in [0.29, 0.717) is 6.04 Å². The van der Waals surface area contributed by atoms with Gasteiger partial charge >= 0.3 is 0 Å². The van der Waals surface area contributed by atoms with Gasteiger partial charge in [0, 0.05) is 18.5 Å². The number of hydrogen-bond donors (Lipinski definition) is 2. The van der Waals surface area contributed by atoms with Crippen LogP contribution in [0.2, 0.25) is 0 Å². The molecule has 0 aliphatic heterocycles. The van der Waals surface area contributed by atoms with Crippen LogP contribution in [0.3, 0.4) is 0 Å². The Morgan fingerprint density at radius 1 is 1.19 bits per heavy atom. The highest BCUT2D eigenvalue weighted by Crippen LogP contribution is 2.07. The van der Waals surface area contributed by atoms with E-state index in [1.807, 2.05) is 14.0 Å². The number of hydrogen-bond acceptors (Lipinski definition) is 2. The highest BCUT2D eigenvalue weighted by atomic mass is 16.1. The largest absolute Gasteiger partial charge is 0.353 e. The molecule has 0 aromatic heterocycles. The number of nitrogens with one attached hydrogen (secondary N) is 2. The number of carbonyl (C=O) groups excluding carboxylic acids is 1. The van der Waals surface area contributed by atoms with Crippen molar-refractivity contribution in [2.24, 2.45) is 5.92 Å². The van der Waals surface area contributed by atoms with E-state index in [-0.39, 0.29) is 11.8 Å². The fourth-order valence-electron chi connectivity index (χ4n) is 1.83. The fourth-order valence-corrected chi connectivity index (χ4v) is 1.83. The van der Waals surface area contributed by atoms with Crippen LogP contribution in [0, 0.1) is 5.92 Å². The summed E-state index contributed by atoms with van der Waals surface area (Å²) in [5.41, 5.74) is 0. The molecule has 0 spiro atoms. The zero-order chi connectivity index (χ0) is 12.4. The Morgan fingerprint density at radius 2 is 1.88 bits per heavy atom. The van der Waals surface area contributed by atoms with Crippen molar-refractivity contribution < 1.29 is 4.79 Å². The lowest BCUT2D eigenvalue weighted by Gasteiger charge is -2.20. The summed E-state index contributed by atoms with van der Waals surface area (Å²) in [7, 11) is 1.88. The molecule has 0 bridgehead atoms. The molecule has 0 aliphatic rings. The minimum Gasteiger partial charge on any atom is -0.353 e. The predicted molar refractivity (Wildman–Crippen MR) is 69.5 cm³/mol. The van der Waals surface area contributed by atoms with E-state index in [2.05, 4.69) is 24.5 Å². The van der Waals surface area contributed by atoms with Crippen molar-refractivity contribution in [3.05, 3.63) is 0 Å². The first-order valence-electron chi connectivity index (χ1n) is 6.60. The first-order valence-corrected chi connectivity index (χ1v) is 6.60. The van der Waals surface area contributed by atoms with Gasteiger partial charge in [-0.15, -0.1) is 0 Å². The molecule has 16 heavy (non-hydrogen) atoms. The molecule has 96 valence electrons. The Kier molecular flexibility index (Phi) is 9.30. The molecule has 2 unspecified atom stereocenters. The van der Waals surface area contributed by atoms with E-state index in [1.165, 1.54) is 12.8 Å². The first kappa shape index (κ1) is 15.4. The van der Waals surface area contributed by atoms with Gasteiger partial charge in [-0.25, -0.2) is 0 Å². The minimum absolute atomic E-state index is 0.0611. The predicted octanol–water partition coefficient (Wildman–Crippen LogP) is 2.32. The summed E-state index contributed by atoms with van der Waals surface area (Å²) in [6, 6.07) is 0.372. The first-order chi connectivity index (χ1) is 7.65. The van der Waals surface area contributed by atoms with Gasteiger partial charge in [0.1, 0.15) is 0 Å². The van der Waals surface area contributed by atoms with Crippen LogP contribution in [0.5, 0.6) is 0 Å². The Morgan fingerprint density at radius 3 is 2.38 bits per heavy atom. The van der Waals surface area contributed by atoms with Crippen LogP contribution >= 0.6 is 0 Å². The molecule has 2 atom stereocenters. The number of carbonyl (C=O) groups is 1. The normalized spacial score (nSPS) is 14.5. The molecule has 0 saturated heterocycles. The summed E-state index contributed by atoms with van der Waals surface area (Å²) in [6.45, 7) is 7.07. The molecule has 0 heterocycles. The Labute approximate surface area is 100 Å². The second kappa shape index (κ2) is 9.64. The van der Waals surface area contributed by atoms with Crippen molar-refractivity contribution in [3.8, 4) is 0 Å². The summed E-state index contributed by atoms with van der Waals surface area (Å²) >= 11 is 0. The summed E-state index contributed by atoms with van der Waals surface area (Å²) < 4.78 is 0. The Bertz CT molecular complexity index is 183. The zero-order valence-corrected chi connectivity index (χ0v) is 11.3. The maximum absolute atomic E-state index is 11.8. The Hall–Kier alpha value is -0.570. The van der Waals surface area contributed by atoms with E-state index in [1.54, 1.807) is 0 Å². The summed E-state index contributed by atoms with van der Waals surface area (Å²) in [6.07, 6.45) is 5.74. The third kappa shape index (κ3) is 6.83. The zero-order valence-electron chi connectivity index (χ0n) is 11.3. The van der Waals surface area contributed by atoms with Gasteiger partial charge in [0.2, 0.25) is 5.91 Å². The molecule has 0 aliphatic carbocycles. The monoisotopic (exact) mass is 228 g/mol. The van der Waals surface area contributed by atoms with Crippen molar-refractivity contribution in [3.63, 3.8) is 0 Å². The average Bonchev–Trinajstić information content (AvgIpc) is 2.26. The molecule has 0 saturated carbocycles. The van der Waals surface area contributed by atoms with Crippen LogP contribution in [-0.2, 0) is 4.79 Å². The van der Waals surface area contributed by atoms with E-state index in [4.69, 9.17) is 0 Å². The lowest BCUT2D eigenvalue weighted by molar-refractivity contribution is -0.125. The molecule has 3 heteroatoms. The smallest absolute Gasteiger partial charge is 0.224 e. The lowest BCUT2D eigenvalue weighted by atomic mass is 10.0. The molecule has 2 N–H and O–H groups in total. The standard InChI is InChI=1S/C13H28N2O/c1-5-7-9-12(8-6-2)15-13(16)11(3)10-14-4/h11-12,14H,5-10H2,1-4H3,(H,15,16). The number of rotatable bonds is 9. The maximum atomic E-state index is 11.8. The third-order valence-corrected chi connectivity index (χ3v) is 2.85. The van der Waals surface area contributed by atoms with Crippen LogP contribution in [-0.4, -0.2) is 25.5 Å². The van der Waals surface area contributed by atoms with Crippen molar-refractivity contribution in [1.29, 1.82) is 0 Å². The van der Waals surface area contributed by atoms with Crippen LogP contribution in [0.25, 0.3) is 0 Å². The van der Waals surface area contributed by atoms with Crippen LogP contribution in [0.1, 0.15) is 52.9 Å². The summed E-state index contributed by atoms with van der Waals surface area (Å²) in [5, 5.41) is 6.19. The van der Waals surface area contributed by atoms with Crippen LogP contribution < -0.4 is 10.6 Å². The molecule has 1 amide bonds. The van der Waals surface area contributed by atoms with Gasteiger partial charge in [0.25, 0.3) is 0 Å². The highest BCUT2D eigenvalue weighted by Gasteiger charge is 2.16. The molecule has 0 rings (SSSR count). The van der Waals surface area contributed by atoms with E-state index >= 15 is 0 Å². The van der Waals surface area contributed by atoms with Crippen molar-refractivity contribution in [2.45, 2.75) is 58.9 Å². The minimum atomic E-state index is 0.0611. The highest BCUT2D eigenvalue weighted by molar-refractivity contribution is 5.78. The Balaban J connectivity index is 4.00. The van der Waals surface area contributed by atoms with Gasteiger partial charge < -0.3 is 10.6 Å². The average molecular weight is 228 g/mol. The SMILES string of the molecule is CCCCC(CCC)NC(=O)C(C)CNC. The van der Waals surface area contributed by atoms with E-state index < -0.39 is 0 Å². The van der Waals surface area contributed by atoms with Crippen LogP contribution in [0.4, 0.5) is 0 Å². The van der Waals surface area contributed by atoms with E-state index in [9.17, 15) is 4.79 Å². The van der Waals surface area contributed by atoms with Gasteiger partial charge in [-0.2, -0.15) is 0 Å². The van der Waals surface area contributed by atoms with Crippen molar-refractivity contribution in [1.82, 2.24) is 10.6 Å².